The fourth-order valence-electron chi connectivity index (χ4n) is 3.98. The number of hydrogen-bond donors (Lipinski definition) is 1. The fourth-order valence-corrected chi connectivity index (χ4v) is 3.98. The van der Waals surface area contributed by atoms with Gasteiger partial charge in [0.25, 0.3) is 5.91 Å². The van der Waals surface area contributed by atoms with Gasteiger partial charge in [-0.05, 0) is 48.4 Å². The summed E-state index contributed by atoms with van der Waals surface area (Å²) >= 11 is 0. The van der Waals surface area contributed by atoms with Crippen molar-refractivity contribution in [1.82, 2.24) is 10.2 Å². The average Bonchev–Trinajstić information content (AvgIpc) is 2.88. The lowest BCUT2D eigenvalue weighted by Gasteiger charge is -2.29. The molecule has 2 heterocycles. The van der Waals surface area contributed by atoms with Crippen LogP contribution in [0.2, 0.25) is 0 Å². The molecule has 2 aliphatic heterocycles. The van der Waals surface area contributed by atoms with Crippen LogP contribution in [0, 0.1) is 5.92 Å². The number of piperidine rings is 1. The molecule has 0 spiro atoms. The summed E-state index contributed by atoms with van der Waals surface area (Å²) in [6.45, 7) is 0.388. The molecule has 6 heteroatoms. The third-order valence-electron chi connectivity index (χ3n) is 5.30. The standard InChI is InChI=1S/C18H18N2O4/c21-9-10-1-2-11-7-14-13(6-12(11)5-10)8-20(18(14)24)15-3-4-16(22)19-17(15)23/h6-7,9-10,15H,1-5,8H2,(H,19,22,23)/t10?,15-/m0/s1. The summed E-state index contributed by atoms with van der Waals surface area (Å²) in [7, 11) is 0. The van der Waals surface area contributed by atoms with E-state index in [1.54, 1.807) is 4.90 Å². The Morgan fingerprint density at radius 3 is 2.62 bits per heavy atom. The van der Waals surface area contributed by atoms with Crippen LogP contribution in [0.5, 0.6) is 0 Å². The van der Waals surface area contributed by atoms with Gasteiger partial charge >= 0.3 is 0 Å². The number of imide groups is 1. The third-order valence-corrected chi connectivity index (χ3v) is 5.30. The number of aryl methyl sites for hydroxylation is 1. The first kappa shape index (κ1) is 15.1. The van der Waals surface area contributed by atoms with Crippen molar-refractivity contribution in [2.75, 3.05) is 0 Å². The largest absolute Gasteiger partial charge is 0.322 e. The number of rotatable bonds is 2. The average molecular weight is 326 g/mol. The van der Waals surface area contributed by atoms with E-state index in [2.05, 4.69) is 5.32 Å². The van der Waals surface area contributed by atoms with E-state index in [0.717, 1.165) is 42.2 Å². The van der Waals surface area contributed by atoms with Gasteiger partial charge in [0.15, 0.2) is 0 Å². The van der Waals surface area contributed by atoms with E-state index in [-0.39, 0.29) is 24.2 Å². The van der Waals surface area contributed by atoms with Crippen LogP contribution in [-0.2, 0) is 33.8 Å². The summed E-state index contributed by atoms with van der Waals surface area (Å²) in [6, 6.07) is 3.37. The van der Waals surface area contributed by atoms with Crippen molar-refractivity contribution in [3.63, 3.8) is 0 Å². The summed E-state index contributed by atoms with van der Waals surface area (Å²) in [4.78, 5) is 48.7. The van der Waals surface area contributed by atoms with E-state index in [4.69, 9.17) is 0 Å². The molecule has 2 atom stereocenters. The van der Waals surface area contributed by atoms with Crippen LogP contribution in [0.1, 0.15) is 46.3 Å². The molecule has 1 aliphatic carbocycles. The molecule has 0 radical (unpaired) electrons. The first-order valence-electron chi connectivity index (χ1n) is 8.31. The highest BCUT2D eigenvalue weighted by atomic mass is 16.2. The number of nitrogens with one attached hydrogen (secondary N) is 1. The number of fused-ring (bicyclic) bond motifs is 2. The van der Waals surface area contributed by atoms with Crippen LogP contribution in [0.25, 0.3) is 0 Å². The SMILES string of the molecule is O=CC1CCc2cc3c(cc2C1)CN([C@H]1CCC(=O)NC1=O)C3=O. The first-order valence-corrected chi connectivity index (χ1v) is 8.31. The van der Waals surface area contributed by atoms with Gasteiger partial charge in [0.1, 0.15) is 12.3 Å². The van der Waals surface area contributed by atoms with Gasteiger partial charge in [0.2, 0.25) is 11.8 Å². The predicted molar refractivity (Wildman–Crippen MR) is 84.1 cm³/mol. The Hall–Kier alpha value is -2.50. The zero-order valence-corrected chi connectivity index (χ0v) is 13.2. The van der Waals surface area contributed by atoms with Crippen LogP contribution in [0.15, 0.2) is 12.1 Å². The van der Waals surface area contributed by atoms with E-state index in [0.29, 0.717) is 18.5 Å². The van der Waals surface area contributed by atoms with Gasteiger partial charge in [-0.25, -0.2) is 0 Å². The smallest absolute Gasteiger partial charge is 0.255 e. The summed E-state index contributed by atoms with van der Waals surface area (Å²) in [5, 5.41) is 2.31. The molecule has 3 aliphatic rings. The minimum absolute atomic E-state index is 0.0545. The zero-order chi connectivity index (χ0) is 16.8. The lowest BCUT2D eigenvalue weighted by molar-refractivity contribution is -0.136. The third kappa shape index (κ3) is 2.33. The second kappa shape index (κ2) is 5.54. The van der Waals surface area contributed by atoms with Crippen molar-refractivity contribution in [2.45, 2.75) is 44.7 Å². The summed E-state index contributed by atoms with van der Waals surface area (Å²) in [5.74, 6) is -0.757. The fraction of sp³-hybridized carbons (Fsp3) is 0.444. The lowest BCUT2D eigenvalue weighted by atomic mass is 9.83. The summed E-state index contributed by atoms with van der Waals surface area (Å²) in [5.41, 5.74) is 3.83. The number of carbonyl (C=O) groups excluding carboxylic acids is 4. The van der Waals surface area contributed by atoms with Crippen LogP contribution in [0.3, 0.4) is 0 Å². The van der Waals surface area contributed by atoms with E-state index in [1.807, 2.05) is 12.1 Å². The van der Waals surface area contributed by atoms with Gasteiger partial charge in [-0.3, -0.25) is 19.7 Å². The maximum absolute atomic E-state index is 12.7. The maximum Gasteiger partial charge on any atom is 0.255 e. The van der Waals surface area contributed by atoms with Crippen LogP contribution < -0.4 is 5.32 Å². The Morgan fingerprint density at radius 1 is 1.04 bits per heavy atom. The van der Waals surface area contributed by atoms with Crippen molar-refractivity contribution >= 4 is 24.0 Å². The normalized spacial score (nSPS) is 26.0. The highest BCUT2D eigenvalue weighted by Crippen LogP contribution is 2.33. The molecule has 1 aromatic rings. The highest BCUT2D eigenvalue weighted by Gasteiger charge is 2.39. The number of nitrogens with zero attached hydrogens (tertiary/aromatic N) is 1. The van der Waals surface area contributed by atoms with Gasteiger partial charge in [0, 0.05) is 24.4 Å². The molecule has 6 nitrogen and oxygen atoms in total. The van der Waals surface area contributed by atoms with Crippen molar-refractivity contribution < 1.29 is 19.2 Å². The predicted octanol–water partition coefficient (Wildman–Crippen LogP) is 0.751. The number of benzene rings is 1. The number of aldehydes is 1. The number of amides is 3. The topological polar surface area (TPSA) is 83.6 Å². The van der Waals surface area contributed by atoms with Crippen LogP contribution in [-0.4, -0.2) is 34.9 Å². The Bertz CT molecular complexity index is 771. The Balaban J connectivity index is 1.62. The second-order valence-electron chi connectivity index (χ2n) is 6.82. The number of hydrogen-bond acceptors (Lipinski definition) is 4. The van der Waals surface area contributed by atoms with E-state index < -0.39 is 11.9 Å². The highest BCUT2D eigenvalue weighted by molar-refractivity contribution is 6.05. The quantitative estimate of drug-likeness (QED) is 0.642. The number of carbonyl (C=O) groups is 4. The van der Waals surface area contributed by atoms with E-state index in [9.17, 15) is 19.2 Å². The molecule has 0 saturated carbocycles. The minimum Gasteiger partial charge on any atom is -0.322 e. The molecule has 124 valence electrons. The lowest BCUT2D eigenvalue weighted by Crippen LogP contribution is -2.52. The van der Waals surface area contributed by atoms with E-state index in [1.165, 1.54) is 0 Å². The first-order chi connectivity index (χ1) is 11.6. The molecule has 3 amide bonds. The molecule has 0 bridgehead atoms. The van der Waals surface area contributed by atoms with Gasteiger partial charge in [-0.1, -0.05) is 6.07 Å². The van der Waals surface area contributed by atoms with Crippen molar-refractivity contribution in [3.8, 4) is 0 Å². The van der Waals surface area contributed by atoms with Gasteiger partial charge < -0.3 is 9.69 Å². The summed E-state index contributed by atoms with van der Waals surface area (Å²) < 4.78 is 0. The molecule has 1 saturated heterocycles. The second-order valence-corrected chi connectivity index (χ2v) is 6.82. The molecule has 4 rings (SSSR count). The van der Waals surface area contributed by atoms with Crippen LogP contribution in [0.4, 0.5) is 0 Å². The zero-order valence-electron chi connectivity index (χ0n) is 13.2. The molecule has 1 fully saturated rings. The molecular formula is C18H18N2O4. The maximum atomic E-state index is 12.7. The van der Waals surface area contributed by atoms with Crippen LogP contribution >= 0.6 is 0 Å². The Labute approximate surface area is 139 Å². The Kier molecular flexibility index (Phi) is 3.48. The van der Waals surface area contributed by atoms with Gasteiger partial charge in [0.05, 0.1) is 0 Å². The van der Waals surface area contributed by atoms with Gasteiger partial charge in [-0.15, -0.1) is 0 Å². The van der Waals surface area contributed by atoms with Crippen molar-refractivity contribution in [2.24, 2.45) is 5.92 Å². The Morgan fingerprint density at radius 2 is 1.88 bits per heavy atom. The van der Waals surface area contributed by atoms with Gasteiger partial charge in [-0.2, -0.15) is 0 Å². The van der Waals surface area contributed by atoms with E-state index >= 15 is 0 Å². The molecule has 24 heavy (non-hydrogen) atoms. The minimum atomic E-state index is -0.581. The molecule has 0 aromatic heterocycles. The molecule has 1 N–H and O–H groups in total. The summed E-state index contributed by atoms with van der Waals surface area (Å²) in [6.07, 6.45) is 3.99. The molecule has 1 aromatic carbocycles. The monoisotopic (exact) mass is 326 g/mol. The molecule has 1 unspecified atom stereocenters. The van der Waals surface area contributed by atoms with Crippen molar-refractivity contribution in [1.29, 1.82) is 0 Å². The molecular weight excluding hydrogens is 308 g/mol. The van der Waals surface area contributed by atoms with Crippen molar-refractivity contribution in [3.05, 3.63) is 34.4 Å².